The number of carbonyl (C=O) groups is 2. The van der Waals surface area contributed by atoms with Crippen LogP contribution in [0.3, 0.4) is 0 Å². The molecular formula is C14H14O3. The quantitative estimate of drug-likeness (QED) is 0.454. The average Bonchev–Trinajstić information content (AvgIpc) is 2.36. The third-order valence-electron chi connectivity index (χ3n) is 2.12. The first-order valence-electron chi connectivity index (χ1n) is 5.30. The maximum Gasteiger partial charge on any atom is 0.341 e. The summed E-state index contributed by atoms with van der Waals surface area (Å²) in [6.07, 6.45) is 3.27. The van der Waals surface area contributed by atoms with E-state index in [1.54, 1.807) is 13.0 Å². The molecule has 0 heterocycles. The lowest BCUT2D eigenvalue weighted by Gasteiger charge is -2.00. The third kappa shape index (κ3) is 4.47. The van der Waals surface area contributed by atoms with Crippen molar-refractivity contribution < 1.29 is 14.3 Å². The second-order valence-electron chi connectivity index (χ2n) is 3.41. The van der Waals surface area contributed by atoms with Crippen molar-refractivity contribution in [2.45, 2.75) is 13.3 Å². The fourth-order valence-electron chi connectivity index (χ4n) is 1.07. The minimum absolute atomic E-state index is 0.284. The minimum Gasteiger partial charge on any atom is -0.386 e. The molecule has 0 N–H and O–H groups in total. The summed E-state index contributed by atoms with van der Waals surface area (Å²) in [4.78, 5) is 22.5. The van der Waals surface area contributed by atoms with E-state index >= 15 is 0 Å². The Bertz CT molecular complexity index is 444. The van der Waals surface area contributed by atoms with Crippen LogP contribution < -0.4 is 0 Å². The highest BCUT2D eigenvalue weighted by Crippen LogP contribution is 2.03. The van der Waals surface area contributed by atoms with Crippen LogP contribution in [0.2, 0.25) is 0 Å². The Morgan fingerprint density at radius 1 is 1.29 bits per heavy atom. The first kappa shape index (κ1) is 12.9. The van der Waals surface area contributed by atoms with Gasteiger partial charge in [0.05, 0.1) is 0 Å². The molecule has 0 aromatic heterocycles. The van der Waals surface area contributed by atoms with E-state index in [1.165, 1.54) is 6.08 Å². The summed E-state index contributed by atoms with van der Waals surface area (Å²) in [5, 5.41) is 0. The van der Waals surface area contributed by atoms with Gasteiger partial charge in [-0.05, 0) is 18.1 Å². The van der Waals surface area contributed by atoms with Crippen LogP contribution in [-0.4, -0.2) is 11.9 Å². The van der Waals surface area contributed by atoms with E-state index < -0.39 is 11.9 Å². The van der Waals surface area contributed by atoms with Gasteiger partial charge in [-0.15, -0.1) is 0 Å². The van der Waals surface area contributed by atoms with E-state index in [2.05, 4.69) is 11.3 Å². The molecule has 0 aliphatic heterocycles. The highest BCUT2D eigenvalue weighted by molar-refractivity contribution is 6.00. The van der Waals surface area contributed by atoms with Gasteiger partial charge in [-0.2, -0.15) is 0 Å². The molecule has 0 saturated heterocycles. The van der Waals surface area contributed by atoms with E-state index in [4.69, 9.17) is 0 Å². The SMILES string of the molecule is C=C(CC)C(=O)OC(=O)/C=C/c1ccccc1. The number of esters is 2. The van der Waals surface area contributed by atoms with Crippen LogP contribution in [0, 0.1) is 0 Å². The predicted octanol–water partition coefficient (Wildman–Crippen LogP) is 2.74. The van der Waals surface area contributed by atoms with Gasteiger partial charge in [-0.25, -0.2) is 9.59 Å². The predicted molar refractivity (Wildman–Crippen MR) is 66.0 cm³/mol. The largest absolute Gasteiger partial charge is 0.386 e. The van der Waals surface area contributed by atoms with Gasteiger partial charge in [0.15, 0.2) is 0 Å². The summed E-state index contributed by atoms with van der Waals surface area (Å²) in [6.45, 7) is 5.27. The number of carbonyl (C=O) groups excluding carboxylic acids is 2. The van der Waals surface area contributed by atoms with Crippen molar-refractivity contribution in [1.82, 2.24) is 0 Å². The van der Waals surface area contributed by atoms with Gasteiger partial charge in [-0.1, -0.05) is 43.8 Å². The normalized spacial score (nSPS) is 10.2. The van der Waals surface area contributed by atoms with Gasteiger partial charge in [0.2, 0.25) is 0 Å². The van der Waals surface area contributed by atoms with Crippen molar-refractivity contribution >= 4 is 18.0 Å². The van der Waals surface area contributed by atoms with Crippen molar-refractivity contribution in [2.24, 2.45) is 0 Å². The van der Waals surface area contributed by atoms with Crippen molar-refractivity contribution in [2.75, 3.05) is 0 Å². The molecule has 0 saturated carbocycles. The zero-order valence-electron chi connectivity index (χ0n) is 9.68. The van der Waals surface area contributed by atoms with Crippen molar-refractivity contribution in [3.63, 3.8) is 0 Å². The zero-order valence-corrected chi connectivity index (χ0v) is 9.68. The smallest absolute Gasteiger partial charge is 0.341 e. The Labute approximate surface area is 100 Å². The summed E-state index contributed by atoms with van der Waals surface area (Å²) < 4.78 is 4.56. The second kappa shape index (κ2) is 6.43. The van der Waals surface area contributed by atoms with Gasteiger partial charge in [0, 0.05) is 11.6 Å². The summed E-state index contributed by atoms with van der Waals surface area (Å²) in [5.41, 5.74) is 1.15. The first-order chi connectivity index (χ1) is 8.13. The van der Waals surface area contributed by atoms with Crippen LogP contribution in [0.4, 0.5) is 0 Å². The molecule has 0 bridgehead atoms. The van der Waals surface area contributed by atoms with Crippen LogP contribution in [0.1, 0.15) is 18.9 Å². The molecule has 88 valence electrons. The van der Waals surface area contributed by atoms with E-state index in [1.807, 2.05) is 30.3 Å². The Balaban J connectivity index is 2.53. The Morgan fingerprint density at radius 3 is 2.53 bits per heavy atom. The highest BCUT2D eigenvalue weighted by Gasteiger charge is 2.09. The van der Waals surface area contributed by atoms with Crippen LogP contribution in [-0.2, 0) is 14.3 Å². The second-order valence-corrected chi connectivity index (χ2v) is 3.41. The lowest BCUT2D eigenvalue weighted by Crippen LogP contribution is -2.11. The molecule has 1 aromatic carbocycles. The molecular weight excluding hydrogens is 216 g/mol. The van der Waals surface area contributed by atoms with Crippen molar-refractivity contribution in [3.8, 4) is 0 Å². The Morgan fingerprint density at radius 2 is 1.94 bits per heavy atom. The molecule has 0 aliphatic rings. The number of hydrogen-bond donors (Lipinski definition) is 0. The van der Waals surface area contributed by atoms with E-state index in [0.29, 0.717) is 6.42 Å². The maximum atomic E-state index is 11.3. The fourth-order valence-corrected chi connectivity index (χ4v) is 1.07. The van der Waals surface area contributed by atoms with E-state index in [9.17, 15) is 9.59 Å². The molecule has 0 amide bonds. The first-order valence-corrected chi connectivity index (χ1v) is 5.30. The molecule has 1 rings (SSSR count). The molecule has 1 aromatic rings. The summed E-state index contributed by atoms with van der Waals surface area (Å²) in [7, 11) is 0. The van der Waals surface area contributed by atoms with Crippen LogP contribution in [0.15, 0.2) is 48.6 Å². The number of hydrogen-bond acceptors (Lipinski definition) is 3. The molecule has 3 nitrogen and oxygen atoms in total. The summed E-state index contributed by atoms with van der Waals surface area (Å²) >= 11 is 0. The Kier molecular flexibility index (Phi) is 4.88. The van der Waals surface area contributed by atoms with Crippen molar-refractivity contribution in [1.29, 1.82) is 0 Å². The lowest BCUT2D eigenvalue weighted by molar-refractivity contribution is -0.153. The molecule has 0 radical (unpaired) electrons. The van der Waals surface area contributed by atoms with Gasteiger partial charge in [0.1, 0.15) is 0 Å². The summed E-state index contributed by atoms with van der Waals surface area (Å²) in [6, 6.07) is 9.28. The van der Waals surface area contributed by atoms with Crippen LogP contribution in [0.5, 0.6) is 0 Å². The van der Waals surface area contributed by atoms with E-state index in [-0.39, 0.29) is 5.57 Å². The van der Waals surface area contributed by atoms with Crippen LogP contribution >= 0.6 is 0 Å². The van der Waals surface area contributed by atoms with Crippen LogP contribution in [0.25, 0.3) is 6.08 Å². The number of rotatable bonds is 4. The van der Waals surface area contributed by atoms with Gasteiger partial charge >= 0.3 is 11.9 Å². The monoisotopic (exact) mass is 230 g/mol. The average molecular weight is 230 g/mol. The van der Waals surface area contributed by atoms with Gasteiger partial charge < -0.3 is 4.74 Å². The zero-order chi connectivity index (χ0) is 12.7. The molecule has 0 aliphatic carbocycles. The van der Waals surface area contributed by atoms with E-state index in [0.717, 1.165) is 5.56 Å². The number of benzene rings is 1. The minimum atomic E-state index is -0.687. The topological polar surface area (TPSA) is 43.4 Å². The molecule has 0 unspecified atom stereocenters. The number of ether oxygens (including phenoxy) is 1. The summed E-state index contributed by atoms with van der Waals surface area (Å²) in [5.74, 6) is -1.36. The molecule has 0 spiro atoms. The third-order valence-corrected chi connectivity index (χ3v) is 2.12. The van der Waals surface area contributed by atoms with Gasteiger partial charge in [0.25, 0.3) is 0 Å². The standard InChI is InChI=1S/C14H14O3/c1-3-11(2)14(16)17-13(15)10-9-12-7-5-4-6-8-12/h4-10H,2-3H2,1H3/b10-9+. The lowest BCUT2D eigenvalue weighted by atomic mass is 10.2. The Hall–Kier alpha value is -2.16. The molecule has 0 fully saturated rings. The molecule has 17 heavy (non-hydrogen) atoms. The molecule has 3 heteroatoms. The van der Waals surface area contributed by atoms with Crippen molar-refractivity contribution in [3.05, 3.63) is 54.1 Å². The molecule has 0 atom stereocenters. The fraction of sp³-hybridized carbons (Fsp3) is 0.143. The maximum absolute atomic E-state index is 11.3. The van der Waals surface area contributed by atoms with Gasteiger partial charge in [-0.3, -0.25) is 0 Å². The highest BCUT2D eigenvalue weighted by atomic mass is 16.6.